The maximum Gasteiger partial charge on any atom is 0.0471 e. The van der Waals surface area contributed by atoms with E-state index in [1.54, 1.807) is 0 Å². The lowest BCUT2D eigenvalue weighted by Gasteiger charge is -2.01. The highest BCUT2D eigenvalue weighted by atomic mass is 35.5. The summed E-state index contributed by atoms with van der Waals surface area (Å²) < 4.78 is 0. The largest absolute Gasteiger partial charge is 0.361 e. The van der Waals surface area contributed by atoms with Crippen molar-refractivity contribution in [3.63, 3.8) is 0 Å². The van der Waals surface area contributed by atoms with E-state index in [2.05, 4.69) is 47.6 Å². The smallest absolute Gasteiger partial charge is 0.0471 e. The predicted molar refractivity (Wildman–Crippen MR) is 85.1 cm³/mol. The van der Waals surface area contributed by atoms with Crippen molar-refractivity contribution < 1.29 is 0 Å². The van der Waals surface area contributed by atoms with E-state index >= 15 is 0 Å². The molecule has 0 aliphatic heterocycles. The Morgan fingerprint density at radius 2 is 2.00 bits per heavy atom. The monoisotopic (exact) mass is 279 g/mol. The Hall–Kier alpha value is -1.99. The van der Waals surface area contributed by atoms with Crippen LogP contribution in [0.4, 0.5) is 0 Å². The molecule has 0 saturated heterocycles. The highest BCUT2D eigenvalue weighted by Crippen LogP contribution is 2.29. The summed E-state index contributed by atoms with van der Waals surface area (Å²) in [5, 5.41) is 2.05. The minimum absolute atomic E-state index is 0.776. The van der Waals surface area contributed by atoms with Crippen molar-refractivity contribution in [1.82, 2.24) is 4.98 Å². The third-order valence-electron chi connectivity index (χ3n) is 3.98. The van der Waals surface area contributed by atoms with Gasteiger partial charge in [0.1, 0.15) is 0 Å². The number of benzene rings is 2. The van der Waals surface area contributed by atoms with Gasteiger partial charge in [0.25, 0.3) is 0 Å². The lowest BCUT2D eigenvalue weighted by atomic mass is 10.0. The van der Waals surface area contributed by atoms with E-state index < -0.39 is 0 Å². The van der Waals surface area contributed by atoms with E-state index in [4.69, 9.17) is 11.6 Å². The van der Waals surface area contributed by atoms with Crippen molar-refractivity contribution in [2.24, 2.45) is 0 Å². The maximum absolute atomic E-state index is 6.03. The zero-order valence-electron chi connectivity index (χ0n) is 11.0. The molecule has 98 valence electrons. The second-order valence-corrected chi connectivity index (χ2v) is 5.80. The first-order valence-corrected chi connectivity index (χ1v) is 7.20. The quantitative estimate of drug-likeness (QED) is 0.679. The Morgan fingerprint density at radius 3 is 2.90 bits per heavy atom. The van der Waals surface area contributed by atoms with Crippen LogP contribution in [0, 0.1) is 0 Å². The Kier molecular flexibility index (Phi) is 2.68. The van der Waals surface area contributed by atoms with Crippen LogP contribution in [-0.2, 0) is 12.8 Å². The van der Waals surface area contributed by atoms with Gasteiger partial charge in [-0.2, -0.15) is 0 Å². The lowest BCUT2D eigenvalue weighted by molar-refractivity contribution is 1.08. The molecule has 0 amide bonds. The molecule has 1 nitrogen and oxygen atoms in total. The molecule has 0 bridgehead atoms. The van der Waals surface area contributed by atoms with Crippen LogP contribution in [0.5, 0.6) is 0 Å². The van der Waals surface area contributed by atoms with E-state index in [0.29, 0.717) is 0 Å². The zero-order valence-corrected chi connectivity index (χ0v) is 11.7. The van der Waals surface area contributed by atoms with Gasteiger partial charge in [-0.05, 0) is 41.7 Å². The van der Waals surface area contributed by atoms with Gasteiger partial charge in [-0.3, -0.25) is 0 Å². The molecule has 2 aromatic carbocycles. The Morgan fingerprint density at radius 1 is 1.10 bits per heavy atom. The van der Waals surface area contributed by atoms with E-state index in [0.717, 1.165) is 23.4 Å². The van der Waals surface area contributed by atoms with Crippen LogP contribution < -0.4 is 0 Å². The van der Waals surface area contributed by atoms with E-state index in [1.165, 1.54) is 27.6 Å². The van der Waals surface area contributed by atoms with Gasteiger partial charge in [0, 0.05) is 22.1 Å². The molecule has 0 fully saturated rings. The Balaban J connectivity index is 1.67. The van der Waals surface area contributed by atoms with Crippen LogP contribution in [-0.4, -0.2) is 4.98 Å². The summed E-state index contributed by atoms with van der Waals surface area (Å²) in [5.41, 5.74) is 6.73. The summed E-state index contributed by atoms with van der Waals surface area (Å²) in [4.78, 5) is 3.31. The van der Waals surface area contributed by atoms with Crippen molar-refractivity contribution >= 4 is 28.6 Å². The third kappa shape index (κ3) is 1.95. The Labute approximate surface area is 122 Å². The SMILES string of the molecule is Clc1ccc2c(CC3=Cc4ccccc4C3)c[nH]c2c1. The van der Waals surface area contributed by atoms with Gasteiger partial charge < -0.3 is 4.98 Å². The molecular formula is C18H14ClN. The third-order valence-corrected chi connectivity index (χ3v) is 4.21. The van der Waals surface area contributed by atoms with Crippen molar-refractivity contribution in [2.75, 3.05) is 0 Å². The molecule has 1 heterocycles. The van der Waals surface area contributed by atoms with Crippen LogP contribution in [0.15, 0.2) is 54.2 Å². The molecule has 0 unspecified atom stereocenters. The molecule has 1 N–H and O–H groups in total. The first-order valence-electron chi connectivity index (χ1n) is 6.82. The standard InChI is InChI=1S/C18H14ClN/c19-16-5-6-17-15(11-20-18(17)10-16)9-12-7-13-3-1-2-4-14(13)8-12/h1-7,10-11,20H,8-9H2. The lowest BCUT2D eigenvalue weighted by Crippen LogP contribution is -1.89. The van der Waals surface area contributed by atoms with Gasteiger partial charge in [0.05, 0.1) is 0 Å². The van der Waals surface area contributed by atoms with Gasteiger partial charge in [-0.1, -0.05) is 53.6 Å². The second-order valence-electron chi connectivity index (χ2n) is 5.36. The summed E-state index contributed by atoms with van der Waals surface area (Å²) >= 11 is 6.03. The highest BCUT2D eigenvalue weighted by Gasteiger charge is 2.13. The van der Waals surface area contributed by atoms with Gasteiger partial charge >= 0.3 is 0 Å². The van der Waals surface area contributed by atoms with Crippen molar-refractivity contribution in [3.05, 3.63) is 75.9 Å². The molecule has 2 heteroatoms. The van der Waals surface area contributed by atoms with Gasteiger partial charge in [0.15, 0.2) is 0 Å². The fourth-order valence-electron chi connectivity index (χ4n) is 3.01. The number of nitrogens with one attached hydrogen (secondary N) is 1. The minimum atomic E-state index is 0.776. The molecular weight excluding hydrogens is 266 g/mol. The minimum Gasteiger partial charge on any atom is -0.361 e. The zero-order chi connectivity index (χ0) is 13.5. The maximum atomic E-state index is 6.03. The molecule has 1 aromatic heterocycles. The average molecular weight is 280 g/mol. The predicted octanol–water partition coefficient (Wildman–Crippen LogP) is 5.00. The molecule has 3 aromatic rings. The van der Waals surface area contributed by atoms with Crippen LogP contribution in [0.3, 0.4) is 0 Å². The van der Waals surface area contributed by atoms with Gasteiger partial charge in [-0.15, -0.1) is 0 Å². The summed E-state index contributed by atoms with van der Waals surface area (Å²) in [5.74, 6) is 0. The number of hydrogen-bond acceptors (Lipinski definition) is 0. The van der Waals surface area contributed by atoms with Crippen molar-refractivity contribution in [3.8, 4) is 0 Å². The molecule has 4 rings (SSSR count). The molecule has 20 heavy (non-hydrogen) atoms. The summed E-state index contributed by atoms with van der Waals surface area (Å²) in [7, 11) is 0. The highest BCUT2D eigenvalue weighted by molar-refractivity contribution is 6.31. The number of halogens is 1. The number of allylic oxidation sites excluding steroid dienone is 1. The van der Waals surface area contributed by atoms with E-state index in [-0.39, 0.29) is 0 Å². The normalized spacial score (nSPS) is 13.6. The second kappa shape index (κ2) is 4.53. The first-order chi connectivity index (χ1) is 9.79. The number of H-pyrrole nitrogens is 1. The van der Waals surface area contributed by atoms with E-state index in [9.17, 15) is 0 Å². The molecule has 0 atom stereocenters. The fraction of sp³-hybridized carbons (Fsp3) is 0.111. The molecule has 0 spiro atoms. The fourth-order valence-corrected chi connectivity index (χ4v) is 3.19. The summed E-state index contributed by atoms with van der Waals surface area (Å²) in [6.45, 7) is 0. The molecule has 1 aliphatic carbocycles. The number of rotatable bonds is 2. The number of fused-ring (bicyclic) bond motifs is 2. The molecule has 0 saturated carbocycles. The summed E-state index contributed by atoms with van der Waals surface area (Å²) in [6.07, 6.45) is 6.49. The first kappa shape index (κ1) is 11.8. The Bertz CT molecular complexity index is 826. The number of hydrogen-bond donors (Lipinski definition) is 1. The molecule has 0 radical (unpaired) electrons. The molecule has 1 aliphatic rings. The van der Waals surface area contributed by atoms with Crippen LogP contribution in [0.25, 0.3) is 17.0 Å². The van der Waals surface area contributed by atoms with Crippen LogP contribution >= 0.6 is 11.6 Å². The van der Waals surface area contributed by atoms with E-state index in [1.807, 2.05) is 12.1 Å². The van der Waals surface area contributed by atoms with Crippen LogP contribution in [0.1, 0.15) is 16.7 Å². The number of aromatic amines is 1. The van der Waals surface area contributed by atoms with Crippen molar-refractivity contribution in [2.45, 2.75) is 12.8 Å². The number of aromatic nitrogens is 1. The van der Waals surface area contributed by atoms with Crippen molar-refractivity contribution in [1.29, 1.82) is 0 Å². The summed E-state index contributed by atoms with van der Waals surface area (Å²) in [6, 6.07) is 14.7. The van der Waals surface area contributed by atoms with Gasteiger partial charge in [-0.25, -0.2) is 0 Å². The van der Waals surface area contributed by atoms with Crippen LogP contribution in [0.2, 0.25) is 5.02 Å². The average Bonchev–Trinajstić information content (AvgIpc) is 3.02. The topological polar surface area (TPSA) is 15.8 Å². The van der Waals surface area contributed by atoms with Gasteiger partial charge in [0.2, 0.25) is 0 Å².